The van der Waals surface area contributed by atoms with Gasteiger partial charge in [0.25, 0.3) is 0 Å². The van der Waals surface area contributed by atoms with Gasteiger partial charge in [-0.25, -0.2) is 17.8 Å². The molecule has 2 aromatic rings. The smallest absolute Gasteiger partial charge is 0.227 e. The second-order valence-corrected chi connectivity index (χ2v) is 10.8. The van der Waals surface area contributed by atoms with Gasteiger partial charge in [0.1, 0.15) is 5.82 Å². The maximum Gasteiger partial charge on any atom is 0.227 e. The van der Waals surface area contributed by atoms with Crippen molar-refractivity contribution in [3.8, 4) is 0 Å². The molecule has 0 spiro atoms. The largest absolute Gasteiger partial charge is 0.367 e. The maximum absolute atomic E-state index is 13.8. The average molecular weight is 420 g/mol. The number of benzene rings is 1. The lowest BCUT2D eigenvalue weighted by molar-refractivity contribution is -0.130. The lowest BCUT2D eigenvalue weighted by Gasteiger charge is -2.36. The lowest BCUT2D eigenvalue weighted by Crippen LogP contribution is -2.49. The number of carbonyl (C=O) groups excluding carboxylic acids is 1. The quantitative estimate of drug-likeness (QED) is 0.762. The number of aromatic nitrogens is 1. The molecule has 1 saturated heterocycles. The third-order valence-electron chi connectivity index (χ3n) is 5.10. The van der Waals surface area contributed by atoms with Gasteiger partial charge < -0.3 is 9.80 Å². The summed E-state index contributed by atoms with van der Waals surface area (Å²) in [6.45, 7) is 7.21. The molecule has 1 fully saturated rings. The van der Waals surface area contributed by atoms with E-state index in [1.165, 1.54) is 12.1 Å². The van der Waals surface area contributed by atoms with Gasteiger partial charge in [-0.2, -0.15) is 0 Å². The molecule has 0 N–H and O–H groups in total. The van der Waals surface area contributed by atoms with E-state index < -0.39 is 14.6 Å². The fourth-order valence-corrected chi connectivity index (χ4v) is 4.23. The molecule has 1 aliphatic heterocycles. The molecule has 0 bridgehead atoms. The first-order valence-corrected chi connectivity index (χ1v) is 11.0. The zero-order chi connectivity index (χ0) is 21.2. The van der Waals surface area contributed by atoms with E-state index in [4.69, 9.17) is 0 Å². The van der Waals surface area contributed by atoms with Crippen molar-refractivity contribution in [2.24, 2.45) is 0 Å². The zero-order valence-corrected chi connectivity index (χ0v) is 17.7. The number of amides is 1. The number of hydrogen-bond acceptors (Lipinski definition) is 5. The van der Waals surface area contributed by atoms with Crippen molar-refractivity contribution in [3.63, 3.8) is 0 Å². The molecule has 3 rings (SSSR count). The SMILES string of the molecule is CC(C)(C)S(=O)(=O)c1ccc(N2CCN(C(=O)Cc3ccccc3F)CC2)cn1. The van der Waals surface area contributed by atoms with Crippen molar-refractivity contribution in [3.05, 3.63) is 54.0 Å². The predicted octanol–water partition coefficient (Wildman–Crippen LogP) is 2.68. The Kier molecular flexibility index (Phi) is 5.93. The van der Waals surface area contributed by atoms with Gasteiger partial charge in [0.15, 0.2) is 14.9 Å². The second kappa shape index (κ2) is 8.10. The van der Waals surface area contributed by atoms with Crippen LogP contribution in [-0.4, -0.2) is 55.1 Å². The molecule has 0 atom stereocenters. The van der Waals surface area contributed by atoms with Crippen LogP contribution in [0.25, 0.3) is 0 Å². The third-order valence-corrected chi connectivity index (χ3v) is 7.50. The number of pyridine rings is 1. The summed E-state index contributed by atoms with van der Waals surface area (Å²) >= 11 is 0. The molecule has 1 amide bonds. The summed E-state index contributed by atoms with van der Waals surface area (Å²) in [5.41, 5.74) is 1.22. The molecule has 0 aliphatic carbocycles. The van der Waals surface area contributed by atoms with Crippen molar-refractivity contribution in [1.82, 2.24) is 9.88 Å². The minimum Gasteiger partial charge on any atom is -0.367 e. The molecular formula is C21H26FN3O3S. The Hall–Kier alpha value is -2.48. The number of piperazine rings is 1. The van der Waals surface area contributed by atoms with Gasteiger partial charge in [-0.05, 0) is 44.5 Å². The van der Waals surface area contributed by atoms with Crippen molar-refractivity contribution < 1.29 is 17.6 Å². The van der Waals surface area contributed by atoms with Crippen LogP contribution in [0.3, 0.4) is 0 Å². The molecule has 1 aliphatic rings. The van der Waals surface area contributed by atoms with Gasteiger partial charge in [0.2, 0.25) is 5.91 Å². The first-order valence-electron chi connectivity index (χ1n) is 9.56. The van der Waals surface area contributed by atoms with Crippen LogP contribution < -0.4 is 4.90 Å². The fraction of sp³-hybridized carbons (Fsp3) is 0.429. The summed E-state index contributed by atoms with van der Waals surface area (Å²) in [6, 6.07) is 9.60. The van der Waals surface area contributed by atoms with Gasteiger partial charge in [0, 0.05) is 26.2 Å². The number of anilines is 1. The Balaban J connectivity index is 1.61. The van der Waals surface area contributed by atoms with E-state index >= 15 is 0 Å². The molecule has 0 radical (unpaired) electrons. The van der Waals surface area contributed by atoms with Crippen molar-refractivity contribution in [2.45, 2.75) is 37.0 Å². The standard InChI is InChI=1S/C21H26FN3O3S/c1-21(2,3)29(27,28)19-9-8-17(15-23-19)24-10-12-25(13-11-24)20(26)14-16-6-4-5-7-18(16)22/h4-9,15H,10-14H2,1-3H3. The summed E-state index contributed by atoms with van der Waals surface area (Å²) in [5, 5.41) is 0.0625. The molecule has 1 aromatic heterocycles. The third kappa shape index (κ3) is 4.58. The van der Waals surface area contributed by atoms with E-state index in [9.17, 15) is 17.6 Å². The highest BCUT2D eigenvalue weighted by molar-refractivity contribution is 7.92. The van der Waals surface area contributed by atoms with Crippen LogP contribution in [0.5, 0.6) is 0 Å². The van der Waals surface area contributed by atoms with E-state index in [1.54, 1.807) is 56.1 Å². The minimum absolute atomic E-state index is 0.0492. The van der Waals surface area contributed by atoms with E-state index in [0.717, 1.165) is 5.69 Å². The minimum atomic E-state index is -3.49. The van der Waals surface area contributed by atoms with Crippen molar-refractivity contribution in [2.75, 3.05) is 31.1 Å². The Morgan fingerprint density at radius 3 is 2.28 bits per heavy atom. The Labute approximate surface area is 171 Å². The Morgan fingerprint density at radius 1 is 1.07 bits per heavy atom. The van der Waals surface area contributed by atoms with Gasteiger partial charge >= 0.3 is 0 Å². The topological polar surface area (TPSA) is 70.6 Å². The van der Waals surface area contributed by atoms with Crippen molar-refractivity contribution in [1.29, 1.82) is 0 Å². The normalized spacial score (nSPS) is 15.4. The van der Waals surface area contributed by atoms with Crippen LogP contribution in [0.2, 0.25) is 0 Å². The van der Waals surface area contributed by atoms with E-state index in [-0.39, 0.29) is 23.2 Å². The molecular weight excluding hydrogens is 393 g/mol. The first kappa shape index (κ1) is 21.2. The van der Waals surface area contributed by atoms with Crippen LogP contribution in [0.4, 0.5) is 10.1 Å². The van der Waals surface area contributed by atoms with Crippen molar-refractivity contribution >= 4 is 21.4 Å². The highest BCUT2D eigenvalue weighted by Crippen LogP contribution is 2.25. The number of sulfone groups is 1. The van der Waals surface area contributed by atoms with E-state index in [2.05, 4.69) is 9.88 Å². The molecule has 0 unspecified atom stereocenters. The Morgan fingerprint density at radius 2 is 1.72 bits per heavy atom. The van der Waals surface area contributed by atoms with Crippen LogP contribution in [0, 0.1) is 5.82 Å². The van der Waals surface area contributed by atoms with Gasteiger partial charge in [-0.1, -0.05) is 18.2 Å². The first-order chi connectivity index (χ1) is 13.6. The van der Waals surface area contributed by atoms with Gasteiger partial charge in [-0.15, -0.1) is 0 Å². The van der Waals surface area contributed by atoms with Gasteiger partial charge in [0.05, 0.1) is 23.1 Å². The Bertz CT molecular complexity index is 977. The second-order valence-electron chi connectivity index (χ2n) is 8.11. The number of nitrogens with zero attached hydrogens (tertiary/aromatic N) is 3. The van der Waals surface area contributed by atoms with Gasteiger partial charge in [-0.3, -0.25) is 4.79 Å². The van der Waals surface area contributed by atoms with E-state index in [1.807, 2.05) is 0 Å². The highest BCUT2D eigenvalue weighted by Gasteiger charge is 2.32. The molecule has 6 nitrogen and oxygen atoms in total. The predicted molar refractivity (Wildman–Crippen MR) is 110 cm³/mol. The molecule has 8 heteroatoms. The summed E-state index contributed by atoms with van der Waals surface area (Å²) in [7, 11) is -3.49. The molecule has 2 heterocycles. The van der Waals surface area contributed by atoms with Crippen LogP contribution >= 0.6 is 0 Å². The van der Waals surface area contributed by atoms with E-state index in [0.29, 0.717) is 31.7 Å². The maximum atomic E-state index is 13.8. The summed E-state index contributed by atoms with van der Waals surface area (Å²) in [4.78, 5) is 20.4. The fourth-order valence-electron chi connectivity index (χ4n) is 3.16. The average Bonchev–Trinajstić information content (AvgIpc) is 2.69. The van der Waals surface area contributed by atoms with Crippen LogP contribution in [0.15, 0.2) is 47.6 Å². The molecule has 0 saturated carbocycles. The number of hydrogen-bond donors (Lipinski definition) is 0. The number of halogens is 1. The molecule has 29 heavy (non-hydrogen) atoms. The zero-order valence-electron chi connectivity index (χ0n) is 16.9. The monoisotopic (exact) mass is 419 g/mol. The molecule has 1 aromatic carbocycles. The number of carbonyl (C=O) groups is 1. The van der Waals surface area contributed by atoms with Crippen LogP contribution in [-0.2, 0) is 21.1 Å². The lowest BCUT2D eigenvalue weighted by atomic mass is 10.1. The summed E-state index contributed by atoms with van der Waals surface area (Å²) in [6.07, 6.45) is 1.61. The highest BCUT2D eigenvalue weighted by atomic mass is 32.2. The van der Waals surface area contributed by atoms with Crippen LogP contribution in [0.1, 0.15) is 26.3 Å². The summed E-state index contributed by atoms with van der Waals surface area (Å²) < 4.78 is 37.8. The number of rotatable bonds is 4. The molecule has 156 valence electrons. The summed E-state index contributed by atoms with van der Waals surface area (Å²) in [5.74, 6) is -0.463.